The molecule has 0 aromatic carbocycles. The Bertz CT molecular complexity index is 580. The van der Waals surface area contributed by atoms with Crippen LogP contribution in [0.15, 0.2) is 16.7 Å². The van der Waals surface area contributed by atoms with Crippen molar-refractivity contribution in [2.75, 3.05) is 0 Å². The summed E-state index contributed by atoms with van der Waals surface area (Å²) in [5, 5.41) is 11.5. The van der Waals surface area contributed by atoms with E-state index >= 15 is 0 Å². The van der Waals surface area contributed by atoms with Crippen LogP contribution in [0.2, 0.25) is 0 Å². The first-order valence-corrected chi connectivity index (χ1v) is 7.35. The minimum Gasteiger partial charge on any atom is -0.480 e. The maximum Gasteiger partial charge on any atom is 0.317 e. The summed E-state index contributed by atoms with van der Waals surface area (Å²) in [5.41, 5.74) is 2.03. The molecular weight excluding hydrogens is 268 g/mol. The summed E-state index contributed by atoms with van der Waals surface area (Å²) in [7, 11) is 0. The van der Waals surface area contributed by atoms with Gasteiger partial charge < -0.3 is 5.11 Å². The molecule has 18 heavy (non-hydrogen) atoms. The first-order valence-electron chi connectivity index (χ1n) is 5.59. The van der Waals surface area contributed by atoms with Gasteiger partial charge in [0.2, 0.25) is 0 Å². The first kappa shape index (κ1) is 13.3. The summed E-state index contributed by atoms with van der Waals surface area (Å²) in [6.07, 6.45) is 1.50. The number of fused-ring (bicyclic) bond motifs is 1. The van der Waals surface area contributed by atoms with Crippen LogP contribution in [-0.2, 0) is 4.79 Å². The number of carbonyl (C=O) groups is 1. The first-order chi connectivity index (χ1) is 8.50. The third-order valence-corrected chi connectivity index (χ3v) is 5.34. The molecule has 0 saturated carbocycles. The molecule has 0 amide bonds. The molecule has 6 heteroatoms. The average molecular weight is 282 g/mol. The van der Waals surface area contributed by atoms with Gasteiger partial charge in [0.25, 0.3) is 0 Å². The van der Waals surface area contributed by atoms with E-state index in [0.29, 0.717) is 0 Å². The molecule has 0 bridgehead atoms. The van der Waals surface area contributed by atoms with E-state index in [1.807, 2.05) is 26.2 Å². The standard InChI is InChI=1S/C12H14N2O2S2/c1-6(2)9(12(15)16)18-11-10-8(13-5-14-11)7(3)4-17-10/h4-6,9H,1-3H3,(H,15,16). The van der Waals surface area contributed by atoms with Crippen molar-refractivity contribution in [1.82, 2.24) is 9.97 Å². The number of thiophene rings is 1. The molecule has 1 N–H and O–H groups in total. The Kier molecular flexibility index (Phi) is 3.87. The van der Waals surface area contributed by atoms with Gasteiger partial charge in [0.15, 0.2) is 0 Å². The molecule has 0 aliphatic carbocycles. The normalized spacial score (nSPS) is 13.1. The van der Waals surface area contributed by atoms with Gasteiger partial charge >= 0.3 is 5.97 Å². The zero-order chi connectivity index (χ0) is 13.3. The number of carboxylic acid groups (broad SMARTS) is 1. The Morgan fingerprint density at radius 3 is 2.78 bits per heavy atom. The molecule has 4 nitrogen and oxygen atoms in total. The summed E-state index contributed by atoms with van der Waals surface area (Å²) in [4.78, 5) is 19.7. The molecule has 2 aromatic heterocycles. The van der Waals surface area contributed by atoms with Crippen LogP contribution < -0.4 is 0 Å². The molecule has 0 aliphatic heterocycles. The molecule has 1 atom stereocenters. The highest BCUT2D eigenvalue weighted by molar-refractivity contribution is 8.00. The van der Waals surface area contributed by atoms with Crippen molar-refractivity contribution in [2.24, 2.45) is 5.92 Å². The van der Waals surface area contributed by atoms with Crippen molar-refractivity contribution in [3.05, 3.63) is 17.3 Å². The van der Waals surface area contributed by atoms with Gasteiger partial charge in [-0.2, -0.15) is 0 Å². The topological polar surface area (TPSA) is 63.1 Å². The lowest BCUT2D eigenvalue weighted by molar-refractivity contribution is -0.137. The Hall–Kier alpha value is -1.14. The van der Waals surface area contributed by atoms with Crippen LogP contribution >= 0.6 is 23.1 Å². The van der Waals surface area contributed by atoms with Gasteiger partial charge in [-0.05, 0) is 23.8 Å². The summed E-state index contributed by atoms with van der Waals surface area (Å²) in [6.45, 7) is 5.81. The van der Waals surface area contributed by atoms with Gasteiger partial charge in [-0.1, -0.05) is 25.6 Å². The van der Waals surface area contributed by atoms with Crippen LogP contribution in [0.4, 0.5) is 0 Å². The van der Waals surface area contributed by atoms with Crippen molar-refractivity contribution in [3.63, 3.8) is 0 Å². The number of carboxylic acids is 1. The maximum atomic E-state index is 11.2. The van der Waals surface area contributed by atoms with Crippen LogP contribution in [0.25, 0.3) is 10.2 Å². The summed E-state index contributed by atoms with van der Waals surface area (Å²) in [6, 6.07) is 0. The zero-order valence-corrected chi connectivity index (χ0v) is 12.0. The lowest BCUT2D eigenvalue weighted by Crippen LogP contribution is -2.22. The molecule has 0 fully saturated rings. The Morgan fingerprint density at radius 1 is 1.44 bits per heavy atom. The van der Waals surface area contributed by atoms with Crippen LogP contribution in [0.3, 0.4) is 0 Å². The van der Waals surface area contributed by atoms with Gasteiger partial charge in [-0.15, -0.1) is 11.3 Å². The molecule has 0 saturated heterocycles. The average Bonchev–Trinajstić information content (AvgIpc) is 2.68. The van der Waals surface area contributed by atoms with Crippen molar-refractivity contribution in [1.29, 1.82) is 0 Å². The van der Waals surface area contributed by atoms with E-state index in [1.165, 1.54) is 18.1 Å². The second kappa shape index (κ2) is 5.24. The lowest BCUT2D eigenvalue weighted by atomic mass is 10.1. The van der Waals surface area contributed by atoms with Gasteiger partial charge in [0.05, 0.1) is 10.2 Å². The quantitative estimate of drug-likeness (QED) is 0.689. The van der Waals surface area contributed by atoms with E-state index in [4.69, 9.17) is 0 Å². The highest BCUT2D eigenvalue weighted by atomic mass is 32.2. The van der Waals surface area contributed by atoms with Crippen molar-refractivity contribution >= 4 is 39.3 Å². The third kappa shape index (κ3) is 2.49. The number of aliphatic carboxylic acids is 1. The smallest absolute Gasteiger partial charge is 0.317 e. The number of hydrogen-bond acceptors (Lipinski definition) is 5. The monoisotopic (exact) mass is 282 g/mol. The van der Waals surface area contributed by atoms with E-state index in [0.717, 1.165) is 20.8 Å². The van der Waals surface area contributed by atoms with Crippen molar-refractivity contribution in [2.45, 2.75) is 31.0 Å². The molecule has 0 aliphatic rings. The Balaban J connectivity index is 2.39. The van der Waals surface area contributed by atoms with Crippen LogP contribution in [0, 0.1) is 12.8 Å². The van der Waals surface area contributed by atoms with E-state index in [1.54, 1.807) is 11.3 Å². The molecule has 2 rings (SSSR count). The lowest BCUT2D eigenvalue weighted by Gasteiger charge is -2.14. The number of hydrogen-bond donors (Lipinski definition) is 1. The molecule has 2 heterocycles. The second-order valence-corrected chi connectivity index (χ2v) is 6.41. The minimum absolute atomic E-state index is 0.0542. The third-order valence-electron chi connectivity index (χ3n) is 2.59. The fraction of sp³-hybridized carbons (Fsp3) is 0.417. The molecule has 1 unspecified atom stereocenters. The number of aromatic nitrogens is 2. The largest absolute Gasteiger partial charge is 0.480 e. The maximum absolute atomic E-state index is 11.2. The fourth-order valence-electron chi connectivity index (χ4n) is 1.62. The van der Waals surface area contributed by atoms with E-state index in [-0.39, 0.29) is 5.92 Å². The molecule has 2 aromatic rings. The number of thioether (sulfide) groups is 1. The predicted molar refractivity (Wildman–Crippen MR) is 74.3 cm³/mol. The Labute approximate surface area is 113 Å². The second-order valence-electron chi connectivity index (χ2n) is 4.40. The van der Waals surface area contributed by atoms with Crippen molar-refractivity contribution in [3.8, 4) is 0 Å². The highest BCUT2D eigenvalue weighted by Gasteiger charge is 2.24. The number of rotatable bonds is 4. The molecular formula is C12H14N2O2S2. The molecule has 96 valence electrons. The SMILES string of the molecule is Cc1csc2c(SC(C(=O)O)C(C)C)ncnc12. The van der Waals surface area contributed by atoms with Crippen LogP contribution in [0.5, 0.6) is 0 Å². The van der Waals surface area contributed by atoms with Crippen molar-refractivity contribution < 1.29 is 9.90 Å². The van der Waals surface area contributed by atoms with E-state index in [9.17, 15) is 9.90 Å². The van der Waals surface area contributed by atoms with Gasteiger partial charge in [-0.25, -0.2) is 9.97 Å². The highest BCUT2D eigenvalue weighted by Crippen LogP contribution is 2.35. The van der Waals surface area contributed by atoms with E-state index in [2.05, 4.69) is 9.97 Å². The fourth-order valence-corrected chi connectivity index (χ4v) is 3.72. The molecule has 0 radical (unpaired) electrons. The van der Waals surface area contributed by atoms with Gasteiger partial charge in [0.1, 0.15) is 16.6 Å². The zero-order valence-electron chi connectivity index (χ0n) is 10.4. The van der Waals surface area contributed by atoms with Crippen LogP contribution in [-0.4, -0.2) is 26.3 Å². The number of aryl methyl sites for hydroxylation is 1. The van der Waals surface area contributed by atoms with Crippen LogP contribution in [0.1, 0.15) is 19.4 Å². The Morgan fingerprint density at radius 2 is 2.17 bits per heavy atom. The summed E-state index contributed by atoms with van der Waals surface area (Å²) >= 11 is 2.87. The minimum atomic E-state index is -0.796. The number of nitrogens with zero attached hydrogens (tertiary/aromatic N) is 2. The molecule has 0 spiro atoms. The van der Waals surface area contributed by atoms with E-state index < -0.39 is 11.2 Å². The van der Waals surface area contributed by atoms with Gasteiger partial charge in [0, 0.05) is 0 Å². The summed E-state index contributed by atoms with van der Waals surface area (Å²) < 4.78 is 0.979. The summed E-state index contributed by atoms with van der Waals surface area (Å²) in [5.74, 6) is -0.742. The predicted octanol–water partition coefficient (Wildman–Crippen LogP) is 3.20. The van der Waals surface area contributed by atoms with Gasteiger partial charge in [-0.3, -0.25) is 4.79 Å².